The number of benzene rings is 1. The maximum atomic E-state index is 13.3. The van der Waals surface area contributed by atoms with Crippen molar-refractivity contribution in [1.29, 1.82) is 0 Å². The largest absolute Gasteiger partial charge is 0.339 e. The molecule has 152 valence electrons. The van der Waals surface area contributed by atoms with E-state index in [0.29, 0.717) is 32.0 Å². The molecule has 2 heterocycles. The van der Waals surface area contributed by atoms with Gasteiger partial charge in [-0.25, -0.2) is 5.43 Å². The molecule has 1 saturated carbocycles. The second kappa shape index (κ2) is 8.21. The van der Waals surface area contributed by atoms with Crippen LogP contribution in [0, 0.1) is 5.92 Å². The first-order chi connectivity index (χ1) is 13.5. The Labute approximate surface area is 167 Å². The fourth-order valence-corrected chi connectivity index (χ4v) is 4.49. The molecule has 2 N–H and O–H groups in total. The van der Waals surface area contributed by atoms with Crippen molar-refractivity contribution in [2.45, 2.75) is 70.1 Å². The van der Waals surface area contributed by atoms with Crippen molar-refractivity contribution in [2.24, 2.45) is 5.92 Å². The molecule has 1 aromatic rings. The number of hydrogen-bond acceptors (Lipinski definition) is 4. The number of carbonyl (C=O) groups excluding carboxylic acids is 2. The third-order valence-corrected chi connectivity index (χ3v) is 6.29. The van der Waals surface area contributed by atoms with Gasteiger partial charge in [0, 0.05) is 43.7 Å². The Morgan fingerprint density at radius 1 is 1.18 bits per heavy atom. The molecule has 2 aliphatic heterocycles. The molecule has 0 bridgehead atoms. The summed E-state index contributed by atoms with van der Waals surface area (Å²) in [5.41, 5.74) is 8.03. The number of nitrogens with zero attached hydrogens (tertiary/aromatic N) is 2. The van der Waals surface area contributed by atoms with Gasteiger partial charge < -0.3 is 9.80 Å². The summed E-state index contributed by atoms with van der Waals surface area (Å²) in [6, 6.07) is 11.5. The van der Waals surface area contributed by atoms with Gasteiger partial charge in [0.2, 0.25) is 11.8 Å². The van der Waals surface area contributed by atoms with E-state index in [2.05, 4.69) is 49.0 Å². The van der Waals surface area contributed by atoms with Crippen LogP contribution in [0.1, 0.15) is 57.6 Å². The average Bonchev–Trinajstić information content (AvgIpc) is 3.44. The average molecular weight is 385 g/mol. The molecule has 0 aromatic heterocycles. The van der Waals surface area contributed by atoms with Crippen LogP contribution in [0.3, 0.4) is 0 Å². The van der Waals surface area contributed by atoms with Gasteiger partial charge in [-0.3, -0.25) is 15.0 Å². The standard InChI is InChI=1S/C22H32N4O2/c1-15(2)25(14-18-12-20(24-23-18)16-6-4-3-5-7-16)22(28)17-8-11-21(27)26(13-17)19-9-10-19/h3-7,15,17-20,23-24H,8-14H2,1-2H3. The van der Waals surface area contributed by atoms with E-state index in [0.717, 1.165) is 19.3 Å². The first kappa shape index (κ1) is 19.4. The van der Waals surface area contributed by atoms with Gasteiger partial charge in [0.1, 0.15) is 0 Å². The first-order valence-electron chi connectivity index (χ1n) is 10.7. The molecular weight excluding hydrogens is 352 g/mol. The highest BCUT2D eigenvalue weighted by atomic mass is 16.2. The number of hydrazine groups is 1. The van der Waals surface area contributed by atoms with Crippen molar-refractivity contribution in [1.82, 2.24) is 20.7 Å². The molecule has 0 spiro atoms. The number of carbonyl (C=O) groups is 2. The summed E-state index contributed by atoms with van der Waals surface area (Å²) in [6.07, 6.45) is 4.35. The minimum absolute atomic E-state index is 0.0556. The molecule has 3 atom stereocenters. The van der Waals surface area contributed by atoms with E-state index in [9.17, 15) is 9.59 Å². The molecule has 1 aromatic carbocycles. The molecule has 2 saturated heterocycles. The smallest absolute Gasteiger partial charge is 0.227 e. The van der Waals surface area contributed by atoms with E-state index < -0.39 is 0 Å². The van der Waals surface area contributed by atoms with Gasteiger partial charge in [-0.15, -0.1) is 0 Å². The number of amides is 2. The second-order valence-electron chi connectivity index (χ2n) is 8.78. The summed E-state index contributed by atoms with van der Waals surface area (Å²) in [4.78, 5) is 29.5. The molecule has 3 aliphatic rings. The lowest BCUT2D eigenvalue weighted by molar-refractivity contribution is -0.144. The van der Waals surface area contributed by atoms with Gasteiger partial charge in [-0.1, -0.05) is 30.3 Å². The topological polar surface area (TPSA) is 64.7 Å². The maximum Gasteiger partial charge on any atom is 0.227 e. The maximum absolute atomic E-state index is 13.3. The number of nitrogens with one attached hydrogen (secondary N) is 2. The van der Waals surface area contributed by atoms with Crippen molar-refractivity contribution in [2.75, 3.05) is 13.1 Å². The summed E-state index contributed by atoms with van der Waals surface area (Å²) in [5, 5.41) is 0. The van der Waals surface area contributed by atoms with Crippen LogP contribution in [-0.2, 0) is 9.59 Å². The second-order valence-corrected chi connectivity index (χ2v) is 8.78. The van der Waals surface area contributed by atoms with Crippen molar-refractivity contribution in [3.8, 4) is 0 Å². The quantitative estimate of drug-likeness (QED) is 0.790. The zero-order valence-corrected chi connectivity index (χ0v) is 16.9. The van der Waals surface area contributed by atoms with Crippen LogP contribution in [0.5, 0.6) is 0 Å². The highest BCUT2D eigenvalue weighted by Gasteiger charge is 2.40. The molecule has 6 nitrogen and oxygen atoms in total. The fourth-order valence-electron chi connectivity index (χ4n) is 4.49. The Bertz CT molecular complexity index is 704. The summed E-state index contributed by atoms with van der Waals surface area (Å²) in [7, 11) is 0. The fraction of sp³-hybridized carbons (Fsp3) is 0.636. The zero-order valence-electron chi connectivity index (χ0n) is 16.9. The predicted molar refractivity (Wildman–Crippen MR) is 108 cm³/mol. The van der Waals surface area contributed by atoms with E-state index in [4.69, 9.17) is 0 Å². The minimum Gasteiger partial charge on any atom is -0.339 e. The lowest BCUT2D eigenvalue weighted by Gasteiger charge is -2.37. The highest BCUT2D eigenvalue weighted by Crippen LogP contribution is 2.32. The van der Waals surface area contributed by atoms with Gasteiger partial charge in [-0.05, 0) is 45.1 Å². The van der Waals surface area contributed by atoms with Crippen LogP contribution in [0.25, 0.3) is 0 Å². The van der Waals surface area contributed by atoms with E-state index in [-0.39, 0.29) is 35.9 Å². The van der Waals surface area contributed by atoms with Gasteiger partial charge >= 0.3 is 0 Å². The Balaban J connectivity index is 1.37. The lowest BCUT2D eigenvalue weighted by atomic mass is 9.94. The first-order valence-corrected chi connectivity index (χ1v) is 10.7. The minimum atomic E-state index is -0.0556. The van der Waals surface area contributed by atoms with E-state index in [1.165, 1.54) is 5.56 Å². The molecule has 1 aliphatic carbocycles. The number of piperidine rings is 1. The van der Waals surface area contributed by atoms with Crippen molar-refractivity contribution in [3.05, 3.63) is 35.9 Å². The molecule has 0 radical (unpaired) electrons. The Kier molecular flexibility index (Phi) is 5.69. The SMILES string of the molecule is CC(C)N(CC1CC(c2ccccc2)NN1)C(=O)C1CCC(=O)N(C2CC2)C1. The normalized spacial score (nSPS) is 28.0. The third kappa shape index (κ3) is 4.23. The molecule has 3 fully saturated rings. The zero-order chi connectivity index (χ0) is 19.7. The molecule has 6 heteroatoms. The molecule has 28 heavy (non-hydrogen) atoms. The van der Waals surface area contributed by atoms with Gasteiger partial charge in [0.15, 0.2) is 0 Å². The van der Waals surface area contributed by atoms with Crippen LogP contribution in [0.2, 0.25) is 0 Å². The summed E-state index contributed by atoms with van der Waals surface area (Å²) in [5.74, 6) is 0.383. The predicted octanol–water partition coefficient (Wildman–Crippen LogP) is 2.23. The Morgan fingerprint density at radius 3 is 2.61 bits per heavy atom. The number of rotatable bonds is 6. The molecular formula is C22H32N4O2. The summed E-state index contributed by atoms with van der Waals surface area (Å²) < 4.78 is 0. The number of hydrogen-bond donors (Lipinski definition) is 2. The molecule has 2 amide bonds. The van der Waals surface area contributed by atoms with Crippen LogP contribution in [0.4, 0.5) is 0 Å². The monoisotopic (exact) mass is 384 g/mol. The Hall–Kier alpha value is -1.92. The van der Waals surface area contributed by atoms with Crippen LogP contribution < -0.4 is 10.9 Å². The summed E-state index contributed by atoms with van der Waals surface area (Å²) >= 11 is 0. The van der Waals surface area contributed by atoms with Crippen molar-refractivity contribution in [3.63, 3.8) is 0 Å². The van der Waals surface area contributed by atoms with Crippen LogP contribution in [-0.4, -0.2) is 52.8 Å². The van der Waals surface area contributed by atoms with E-state index in [1.54, 1.807) is 0 Å². The molecule has 4 rings (SSSR count). The molecule has 3 unspecified atom stereocenters. The van der Waals surface area contributed by atoms with E-state index in [1.807, 2.05) is 15.9 Å². The number of likely N-dealkylation sites (tertiary alicyclic amines) is 1. The lowest BCUT2D eigenvalue weighted by Crippen LogP contribution is -2.52. The van der Waals surface area contributed by atoms with Gasteiger partial charge in [0.05, 0.1) is 5.92 Å². The van der Waals surface area contributed by atoms with Crippen LogP contribution >= 0.6 is 0 Å². The third-order valence-electron chi connectivity index (χ3n) is 6.29. The summed E-state index contributed by atoms with van der Waals surface area (Å²) in [6.45, 7) is 5.47. The van der Waals surface area contributed by atoms with Crippen molar-refractivity contribution < 1.29 is 9.59 Å². The van der Waals surface area contributed by atoms with Gasteiger partial charge in [-0.2, -0.15) is 0 Å². The van der Waals surface area contributed by atoms with Gasteiger partial charge in [0.25, 0.3) is 0 Å². The highest BCUT2D eigenvalue weighted by molar-refractivity contribution is 5.84. The van der Waals surface area contributed by atoms with Crippen LogP contribution in [0.15, 0.2) is 30.3 Å². The van der Waals surface area contributed by atoms with E-state index >= 15 is 0 Å². The van der Waals surface area contributed by atoms with Crippen molar-refractivity contribution >= 4 is 11.8 Å². The Morgan fingerprint density at radius 2 is 1.93 bits per heavy atom.